The third-order valence-corrected chi connectivity index (χ3v) is 3.23. The van der Waals surface area contributed by atoms with Crippen molar-refractivity contribution in [3.8, 4) is 11.5 Å². The Morgan fingerprint density at radius 2 is 1.32 bits per heavy atom. The predicted molar refractivity (Wildman–Crippen MR) is 89.9 cm³/mol. The fourth-order valence-corrected chi connectivity index (χ4v) is 2.13. The smallest absolute Gasteiger partial charge is 0.131 e. The molecule has 0 aromatic heterocycles. The molecule has 3 nitrogen and oxygen atoms in total. The lowest BCUT2D eigenvalue weighted by Gasteiger charge is -2.13. The Morgan fingerprint density at radius 1 is 0.682 bits per heavy atom. The Hall–Kier alpha value is -2.78. The molecular weight excluding hydrogens is 272 g/mol. The molecule has 0 fully saturated rings. The third-order valence-electron chi connectivity index (χ3n) is 3.23. The lowest BCUT2D eigenvalue weighted by molar-refractivity contribution is 0.474. The molecule has 0 saturated heterocycles. The Kier molecular flexibility index (Phi) is 4.70. The largest absolute Gasteiger partial charge is 0.457 e. The van der Waals surface area contributed by atoms with Gasteiger partial charge in [0, 0.05) is 17.8 Å². The van der Waals surface area contributed by atoms with Crippen LogP contribution in [-0.2, 0) is 6.54 Å². The zero-order valence-corrected chi connectivity index (χ0v) is 12.2. The summed E-state index contributed by atoms with van der Waals surface area (Å²) in [5.74, 6) is 1.70. The Balaban J connectivity index is 1.64. The number of para-hydroxylation sites is 3. The highest BCUT2D eigenvalue weighted by Gasteiger charge is 2.03. The van der Waals surface area contributed by atoms with Gasteiger partial charge in [-0.15, -0.1) is 0 Å². The number of benzene rings is 3. The van der Waals surface area contributed by atoms with E-state index in [2.05, 4.69) is 16.9 Å². The van der Waals surface area contributed by atoms with E-state index in [4.69, 9.17) is 4.74 Å². The van der Waals surface area contributed by atoms with Crippen LogP contribution < -0.4 is 15.6 Å². The van der Waals surface area contributed by atoms with Crippen molar-refractivity contribution in [1.29, 1.82) is 0 Å². The molecule has 0 saturated carbocycles. The van der Waals surface area contributed by atoms with Gasteiger partial charge < -0.3 is 10.2 Å². The number of hydrogen-bond donors (Lipinski definition) is 2. The van der Waals surface area contributed by atoms with Crippen LogP contribution in [0, 0.1) is 0 Å². The van der Waals surface area contributed by atoms with Gasteiger partial charge in [0.05, 0.1) is 0 Å². The fraction of sp³-hybridized carbons (Fsp3) is 0.0526. The third kappa shape index (κ3) is 3.87. The van der Waals surface area contributed by atoms with E-state index in [9.17, 15) is 0 Å². The van der Waals surface area contributed by atoms with E-state index >= 15 is 0 Å². The summed E-state index contributed by atoms with van der Waals surface area (Å²) in [4.78, 5) is 0. The van der Waals surface area contributed by atoms with Crippen LogP contribution in [0.3, 0.4) is 0 Å². The lowest BCUT2D eigenvalue weighted by atomic mass is 10.2. The van der Waals surface area contributed by atoms with Crippen molar-refractivity contribution in [2.24, 2.45) is 0 Å². The van der Waals surface area contributed by atoms with E-state index in [-0.39, 0.29) is 0 Å². The van der Waals surface area contributed by atoms with Gasteiger partial charge in [0.25, 0.3) is 0 Å². The maximum Gasteiger partial charge on any atom is 0.131 e. The van der Waals surface area contributed by atoms with E-state index in [1.165, 1.54) is 0 Å². The number of hydrogen-bond acceptors (Lipinski definition) is 3. The van der Waals surface area contributed by atoms with Crippen LogP contribution in [0.15, 0.2) is 84.9 Å². The molecule has 0 amide bonds. The maximum absolute atomic E-state index is 5.94. The van der Waals surface area contributed by atoms with Crippen LogP contribution in [0.2, 0.25) is 0 Å². The van der Waals surface area contributed by atoms with Gasteiger partial charge in [-0.1, -0.05) is 54.6 Å². The van der Waals surface area contributed by atoms with Gasteiger partial charge in [0.1, 0.15) is 11.5 Å². The average Bonchev–Trinajstić information content (AvgIpc) is 2.58. The molecule has 3 rings (SSSR count). The Labute approximate surface area is 130 Å². The number of hydrazine groups is 1. The van der Waals surface area contributed by atoms with E-state index in [1.54, 1.807) is 0 Å². The fourth-order valence-electron chi connectivity index (χ4n) is 2.13. The van der Waals surface area contributed by atoms with Gasteiger partial charge in [-0.25, -0.2) is 5.43 Å². The summed E-state index contributed by atoms with van der Waals surface area (Å²) in [6, 6.07) is 27.8. The summed E-state index contributed by atoms with van der Waals surface area (Å²) in [5.41, 5.74) is 8.52. The molecule has 0 aliphatic heterocycles. The van der Waals surface area contributed by atoms with Gasteiger partial charge in [-0.3, -0.25) is 0 Å². The monoisotopic (exact) mass is 290 g/mol. The molecule has 2 N–H and O–H groups in total. The summed E-state index contributed by atoms with van der Waals surface area (Å²) in [5, 5.41) is 0. The van der Waals surface area contributed by atoms with Gasteiger partial charge in [-0.05, 0) is 30.3 Å². The molecule has 0 bridgehead atoms. The van der Waals surface area contributed by atoms with Crippen LogP contribution in [0.1, 0.15) is 5.56 Å². The number of rotatable bonds is 6. The normalized spacial score (nSPS) is 10.2. The molecule has 22 heavy (non-hydrogen) atoms. The average molecular weight is 290 g/mol. The maximum atomic E-state index is 5.94. The van der Waals surface area contributed by atoms with Gasteiger partial charge >= 0.3 is 0 Å². The highest BCUT2D eigenvalue weighted by atomic mass is 16.5. The first-order valence-corrected chi connectivity index (χ1v) is 7.26. The number of ether oxygens (including phenoxy) is 1. The minimum absolute atomic E-state index is 0.665. The van der Waals surface area contributed by atoms with Gasteiger partial charge in [0.15, 0.2) is 0 Å². The molecule has 3 aromatic rings. The topological polar surface area (TPSA) is 33.3 Å². The SMILES string of the molecule is c1ccc(NNCc2ccccc2Oc2ccccc2)cc1. The van der Waals surface area contributed by atoms with Crippen molar-refractivity contribution in [2.45, 2.75) is 6.54 Å². The molecule has 3 aromatic carbocycles. The molecule has 0 aliphatic rings. The summed E-state index contributed by atoms with van der Waals surface area (Å²) >= 11 is 0. The zero-order chi connectivity index (χ0) is 15.0. The zero-order valence-electron chi connectivity index (χ0n) is 12.2. The molecule has 0 heterocycles. The summed E-state index contributed by atoms with van der Waals surface area (Å²) < 4.78 is 5.94. The lowest BCUT2D eigenvalue weighted by Crippen LogP contribution is -2.21. The molecular formula is C19H18N2O. The quantitative estimate of drug-likeness (QED) is 0.651. The van der Waals surface area contributed by atoms with Crippen LogP contribution in [0.4, 0.5) is 5.69 Å². The number of anilines is 1. The highest BCUT2D eigenvalue weighted by Crippen LogP contribution is 2.24. The molecule has 0 atom stereocenters. The first kappa shape index (κ1) is 14.2. The van der Waals surface area contributed by atoms with Crippen LogP contribution in [0.25, 0.3) is 0 Å². The van der Waals surface area contributed by atoms with Gasteiger partial charge in [-0.2, -0.15) is 0 Å². The highest BCUT2D eigenvalue weighted by molar-refractivity contribution is 5.42. The second-order valence-corrected chi connectivity index (χ2v) is 4.87. The van der Waals surface area contributed by atoms with Crippen molar-refractivity contribution in [2.75, 3.05) is 5.43 Å². The first-order valence-electron chi connectivity index (χ1n) is 7.26. The molecule has 0 spiro atoms. The first-order chi connectivity index (χ1) is 10.9. The molecule has 3 heteroatoms. The minimum atomic E-state index is 0.665. The number of nitrogens with one attached hydrogen (secondary N) is 2. The molecule has 0 unspecified atom stereocenters. The second kappa shape index (κ2) is 7.29. The standard InChI is InChI=1S/C19H18N2O/c1-3-10-17(11-4-1)21-20-15-16-9-7-8-14-19(16)22-18-12-5-2-6-13-18/h1-14,20-21H,15H2. The van der Waals surface area contributed by atoms with Crippen molar-refractivity contribution >= 4 is 5.69 Å². The van der Waals surface area contributed by atoms with Crippen molar-refractivity contribution in [1.82, 2.24) is 5.43 Å². The summed E-state index contributed by atoms with van der Waals surface area (Å²) in [6.07, 6.45) is 0. The predicted octanol–water partition coefficient (Wildman–Crippen LogP) is 4.60. The van der Waals surface area contributed by atoms with E-state index in [1.807, 2.05) is 78.9 Å². The van der Waals surface area contributed by atoms with Crippen molar-refractivity contribution in [3.63, 3.8) is 0 Å². The van der Waals surface area contributed by atoms with Crippen molar-refractivity contribution in [3.05, 3.63) is 90.5 Å². The van der Waals surface area contributed by atoms with Crippen LogP contribution in [0.5, 0.6) is 11.5 Å². The molecule has 110 valence electrons. The Morgan fingerprint density at radius 3 is 2.09 bits per heavy atom. The minimum Gasteiger partial charge on any atom is -0.457 e. The summed E-state index contributed by atoms with van der Waals surface area (Å²) in [7, 11) is 0. The van der Waals surface area contributed by atoms with E-state index in [0.29, 0.717) is 6.54 Å². The van der Waals surface area contributed by atoms with Crippen LogP contribution in [-0.4, -0.2) is 0 Å². The van der Waals surface area contributed by atoms with Gasteiger partial charge in [0.2, 0.25) is 0 Å². The van der Waals surface area contributed by atoms with E-state index < -0.39 is 0 Å². The molecule has 0 radical (unpaired) electrons. The van der Waals surface area contributed by atoms with E-state index in [0.717, 1.165) is 22.7 Å². The van der Waals surface area contributed by atoms with Crippen LogP contribution >= 0.6 is 0 Å². The molecule has 0 aliphatic carbocycles. The van der Waals surface area contributed by atoms with Crippen molar-refractivity contribution < 1.29 is 4.74 Å². The second-order valence-electron chi connectivity index (χ2n) is 4.87. The summed E-state index contributed by atoms with van der Waals surface area (Å²) in [6.45, 7) is 0.665. The Bertz CT molecular complexity index is 699.